The highest BCUT2D eigenvalue weighted by atomic mass is 19.4. The average Bonchev–Trinajstić information content (AvgIpc) is 2.80. The van der Waals surface area contributed by atoms with Gasteiger partial charge in [0.05, 0.1) is 11.0 Å². The fourth-order valence-corrected chi connectivity index (χ4v) is 1.94. The van der Waals surface area contributed by atoms with Crippen molar-refractivity contribution < 1.29 is 13.2 Å². The van der Waals surface area contributed by atoms with E-state index in [-0.39, 0.29) is 5.78 Å². The number of rotatable bonds is 0. The second kappa shape index (κ2) is 2.99. The highest BCUT2D eigenvalue weighted by molar-refractivity contribution is 5.80. The number of para-hydroxylation sites is 2. The Morgan fingerprint density at radius 3 is 2.35 bits per heavy atom. The summed E-state index contributed by atoms with van der Waals surface area (Å²) in [6.45, 7) is 0. The van der Waals surface area contributed by atoms with Gasteiger partial charge in [0, 0.05) is 7.05 Å². The molecule has 2 heterocycles. The van der Waals surface area contributed by atoms with E-state index >= 15 is 0 Å². The molecule has 0 atom stereocenters. The van der Waals surface area contributed by atoms with Crippen molar-refractivity contribution in [3.8, 4) is 0 Å². The van der Waals surface area contributed by atoms with Gasteiger partial charge in [-0.3, -0.25) is 4.40 Å². The number of aromatic nitrogens is 4. The van der Waals surface area contributed by atoms with Gasteiger partial charge in [-0.15, -0.1) is 10.2 Å². The third-order valence-electron chi connectivity index (χ3n) is 2.68. The van der Waals surface area contributed by atoms with Crippen molar-refractivity contribution in [1.82, 2.24) is 19.2 Å². The average molecular weight is 240 g/mol. The van der Waals surface area contributed by atoms with Crippen LogP contribution in [0, 0.1) is 0 Å². The lowest BCUT2D eigenvalue weighted by atomic mass is 10.3. The zero-order valence-electron chi connectivity index (χ0n) is 8.73. The summed E-state index contributed by atoms with van der Waals surface area (Å²) < 4.78 is 40.9. The fourth-order valence-electron chi connectivity index (χ4n) is 1.94. The Labute approximate surface area is 93.3 Å². The van der Waals surface area contributed by atoms with Crippen LogP contribution in [0.3, 0.4) is 0 Å². The third kappa shape index (κ3) is 1.25. The van der Waals surface area contributed by atoms with E-state index < -0.39 is 12.0 Å². The summed E-state index contributed by atoms with van der Waals surface area (Å²) >= 11 is 0. The summed E-state index contributed by atoms with van der Waals surface area (Å²) in [6.07, 6.45) is -4.51. The van der Waals surface area contributed by atoms with E-state index in [1.54, 1.807) is 35.9 Å². The fraction of sp³-hybridized carbons (Fsp3) is 0.200. The zero-order chi connectivity index (χ0) is 12.2. The first kappa shape index (κ1) is 10.1. The highest BCUT2D eigenvalue weighted by Gasteiger charge is 2.38. The van der Waals surface area contributed by atoms with Gasteiger partial charge in [0.15, 0.2) is 0 Å². The van der Waals surface area contributed by atoms with Crippen molar-refractivity contribution in [2.45, 2.75) is 6.18 Å². The predicted molar refractivity (Wildman–Crippen MR) is 54.5 cm³/mol. The van der Waals surface area contributed by atoms with Crippen molar-refractivity contribution >= 4 is 16.8 Å². The molecule has 4 nitrogen and oxygen atoms in total. The Morgan fingerprint density at radius 1 is 1.06 bits per heavy atom. The van der Waals surface area contributed by atoms with Crippen LogP contribution in [0.2, 0.25) is 0 Å². The number of benzene rings is 1. The Hall–Kier alpha value is -2.05. The van der Waals surface area contributed by atoms with Gasteiger partial charge in [0.25, 0.3) is 0 Å². The molecule has 0 aliphatic heterocycles. The quantitative estimate of drug-likeness (QED) is 0.604. The summed E-state index contributed by atoms with van der Waals surface area (Å²) in [5, 5.41) is 6.78. The van der Waals surface area contributed by atoms with E-state index in [1.165, 1.54) is 0 Å². The van der Waals surface area contributed by atoms with Gasteiger partial charge in [-0.05, 0) is 12.1 Å². The van der Waals surface area contributed by atoms with Crippen LogP contribution >= 0.6 is 0 Å². The van der Waals surface area contributed by atoms with E-state index in [0.717, 1.165) is 4.40 Å². The second-order valence-corrected chi connectivity index (χ2v) is 3.70. The van der Waals surface area contributed by atoms with E-state index in [2.05, 4.69) is 10.2 Å². The van der Waals surface area contributed by atoms with Gasteiger partial charge in [0.2, 0.25) is 11.6 Å². The number of aryl methyl sites for hydroxylation is 1. The molecule has 0 amide bonds. The van der Waals surface area contributed by atoms with Crippen molar-refractivity contribution in [2.24, 2.45) is 7.05 Å². The summed E-state index contributed by atoms with van der Waals surface area (Å²) in [7, 11) is 1.66. The van der Waals surface area contributed by atoms with E-state index in [0.29, 0.717) is 11.0 Å². The molecule has 88 valence electrons. The standard InChI is InChI=1S/C10H7F3N4/c1-16-6-4-2-3-5-7(6)17-8(10(11,12)13)14-15-9(16)17/h2-5H,1H3. The Morgan fingerprint density at radius 2 is 1.71 bits per heavy atom. The number of hydrogen-bond donors (Lipinski definition) is 0. The maximum absolute atomic E-state index is 12.8. The molecule has 7 heteroatoms. The SMILES string of the molecule is Cn1c2ccccc2n2c(C(F)(F)F)nnc12. The molecule has 0 radical (unpaired) electrons. The molecule has 17 heavy (non-hydrogen) atoms. The van der Waals surface area contributed by atoms with Crippen LogP contribution < -0.4 is 0 Å². The maximum atomic E-state index is 12.8. The molecule has 0 saturated heterocycles. The minimum atomic E-state index is -4.51. The molecule has 0 aliphatic carbocycles. The predicted octanol–water partition coefficient (Wildman–Crippen LogP) is 2.24. The molecule has 0 unspecified atom stereocenters. The highest BCUT2D eigenvalue weighted by Crippen LogP contribution is 2.30. The van der Waals surface area contributed by atoms with Crippen LogP contribution in [-0.2, 0) is 13.2 Å². The molecule has 0 bridgehead atoms. The van der Waals surface area contributed by atoms with Gasteiger partial charge in [0.1, 0.15) is 0 Å². The van der Waals surface area contributed by atoms with Crippen LogP contribution in [0.15, 0.2) is 24.3 Å². The summed E-state index contributed by atoms with van der Waals surface area (Å²) in [4.78, 5) is 0. The molecule has 2 aromatic heterocycles. The summed E-state index contributed by atoms with van der Waals surface area (Å²) in [5.74, 6) is -0.817. The van der Waals surface area contributed by atoms with Gasteiger partial charge in [-0.1, -0.05) is 12.1 Å². The Bertz CT molecular complexity index is 707. The first-order chi connectivity index (χ1) is 8.00. The van der Waals surface area contributed by atoms with Crippen molar-refractivity contribution in [3.05, 3.63) is 30.1 Å². The first-order valence-corrected chi connectivity index (χ1v) is 4.86. The third-order valence-corrected chi connectivity index (χ3v) is 2.68. The molecule has 0 aliphatic rings. The number of fused-ring (bicyclic) bond motifs is 3. The molecule has 0 spiro atoms. The van der Waals surface area contributed by atoms with Gasteiger partial charge < -0.3 is 4.57 Å². The lowest BCUT2D eigenvalue weighted by Crippen LogP contribution is -2.10. The summed E-state index contributed by atoms with van der Waals surface area (Å²) in [5.41, 5.74) is 1.13. The van der Waals surface area contributed by atoms with Crippen LogP contribution in [0.25, 0.3) is 16.8 Å². The lowest BCUT2D eigenvalue weighted by Gasteiger charge is -2.02. The van der Waals surface area contributed by atoms with Crippen LogP contribution in [0.4, 0.5) is 13.2 Å². The van der Waals surface area contributed by atoms with Crippen LogP contribution in [-0.4, -0.2) is 19.2 Å². The van der Waals surface area contributed by atoms with Crippen molar-refractivity contribution in [2.75, 3.05) is 0 Å². The molecule has 0 N–H and O–H groups in total. The van der Waals surface area contributed by atoms with E-state index in [4.69, 9.17) is 0 Å². The molecular formula is C10H7F3N4. The smallest absolute Gasteiger partial charge is 0.311 e. The number of halogens is 3. The Balaban J connectivity index is 2.54. The number of nitrogens with zero attached hydrogens (tertiary/aromatic N) is 4. The monoisotopic (exact) mass is 240 g/mol. The normalized spacial score (nSPS) is 12.7. The first-order valence-electron chi connectivity index (χ1n) is 4.86. The van der Waals surface area contributed by atoms with Crippen molar-refractivity contribution in [1.29, 1.82) is 0 Å². The summed E-state index contributed by atoms with van der Waals surface area (Å²) in [6, 6.07) is 6.80. The minimum Gasteiger partial charge on any atom is -0.311 e. The number of hydrogen-bond acceptors (Lipinski definition) is 2. The zero-order valence-corrected chi connectivity index (χ0v) is 8.73. The molecule has 0 fully saturated rings. The van der Waals surface area contributed by atoms with Gasteiger partial charge in [-0.2, -0.15) is 13.2 Å². The van der Waals surface area contributed by atoms with Gasteiger partial charge >= 0.3 is 6.18 Å². The molecule has 3 rings (SSSR count). The molecular weight excluding hydrogens is 233 g/mol. The number of imidazole rings is 1. The minimum absolute atomic E-state index is 0.179. The topological polar surface area (TPSA) is 35.1 Å². The van der Waals surface area contributed by atoms with Gasteiger partial charge in [-0.25, -0.2) is 0 Å². The largest absolute Gasteiger partial charge is 0.452 e. The molecule has 1 aromatic carbocycles. The number of alkyl halides is 3. The Kier molecular flexibility index (Phi) is 1.78. The molecule has 3 aromatic rings. The van der Waals surface area contributed by atoms with Crippen LogP contribution in [0.5, 0.6) is 0 Å². The second-order valence-electron chi connectivity index (χ2n) is 3.70. The van der Waals surface area contributed by atoms with Crippen LogP contribution in [0.1, 0.15) is 5.82 Å². The van der Waals surface area contributed by atoms with E-state index in [1.807, 2.05) is 0 Å². The van der Waals surface area contributed by atoms with E-state index in [9.17, 15) is 13.2 Å². The molecule has 0 saturated carbocycles. The lowest BCUT2D eigenvalue weighted by molar-refractivity contribution is -0.145. The maximum Gasteiger partial charge on any atom is 0.452 e. The van der Waals surface area contributed by atoms with Crippen molar-refractivity contribution in [3.63, 3.8) is 0 Å².